The molecule has 0 spiro atoms. The molecule has 2 atom stereocenters. The first-order valence-corrected chi connectivity index (χ1v) is 15.3. The van der Waals surface area contributed by atoms with Crippen molar-refractivity contribution in [3.05, 3.63) is 35.5 Å². The smallest absolute Gasteiger partial charge is 0.414 e. The van der Waals surface area contributed by atoms with Crippen LogP contribution < -0.4 is 4.90 Å². The number of amides is 1. The highest BCUT2D eigenvalue weighted by Gasteiger charge is 2.35. The van der Waals surface area contributed by atoms with Crippen LogP contribution in [0.2, 0.25) is 5.02 Å². The maximum atomic E-state index is 13.3. The Morgan fingerprint density at radius 1 is 1.17 bits per heavy atom. The second-order valence-electron chi connectivity index (χ2n) is 8.53. The van der Waals surface area contributed by atoms with E-state index in [-0.39, 0.29) is 25.5 Å². The Labute approximate surface area is 218 Å². The van der Waals surface area contributed by atoms with Gasteiger partial charge in [0.25, 0.3) is 0 Å². The second kappa shape index (κ2) is 14.6. The lowest BCUT2D eigenvalue weighted by Crippen LogP contribution is -2.40. The molecule has 0 aliphatic rings. The number of carbonyl (C=O) groups is 1. The highest BCUT2D eigenvalue weighted by molar-refractivity contribution is 7.67. The van der Waals surface area contributed by atoms with Crippen molar-refractivity contribution in [1.29, 1.82) is 0 Å². The van der Waals surface area contributed by atoms with Gasteiger partial charge in [0.05, 0.1) is 17.8 Å². The maximum absolute atomic E-state index is 13.3. The molecule has 13 heteroatoms. The summed E-state index contributed by atoms with van der Waals surface area (Å²) < 4.78 is 17.0. The molecule has 0 radical (unpaired) electrons. The van der Waals surface area contributed by atoms with Gasteiger partial charge in [-0.1, -0.05) is 25.4 Å². The summed E-state index contributed by atoms with van der Waals surface area (Å²) in [6.07, 6.45) is 2.48. The van der Waals surface area contributed by atoms with Crippen molar-refractivity contribution in [3.63, 3.8) is 0 Å². The van der Waals surface area contributed by atoms with E-state index in [4.69, 9.17) is 16.3 Å². The minimum atomic E-state index is -4.68. The summed E-state index contributed by atoms with van der Waals surface area (Å²) in [5, 5.41) is -0.307. The number of nitrogens with zero attached hydrogens (tertiary/aromatic N) is 3. The molecule has 1 aromatic carbocycles. The van der Waals surface area contributed by atoms with Crippen molar-refractivity contribution in [2.45, 2.75) is 57.9 Å². The SMILES string of the molecule is CCN(CC)CCCC(C)N(C(=O)OCCCC(P(O)O)P(=O)(O)O)c1ccnc2cc(Cl)ccc12. The van der Waals surface area contributed by atoms with Gasteiger partial charge in [-0.25, -0.2) is 4.79 Å². The Bertz CT molecular complexity index is 1040. The van der Waals surface area contributed by atoms with Crippen molar-refractivity contribution < 1.29 is 33.7 Å². The van der Waals surface area contributed by atoms with Crippen molar-refractivity contribution in [2.24, 2.45) is 0 Å². The minimum Gasteiger partial charge on any atom is -0.449 e. The number of hydrogen-bond acceptors (Lipinski definition) is 7. The third-order valence-electron chi connectivity index (χ3n) is 6.06. The maximum Gasteiger partial charge on any atom is 0.414 e. The fraction of sp³-hybridized carbons (Fsp3) is 0.565. The van der Waals surface area contributed by atoms with Gasteiger partial charge in [-0.2, -0.15) is 0 Å². The van der Waals surface area contributed by atoms with Gasteiger partial charge in [0.2, 0.25) is 0 Å². The van der Waals surface area contributed by atoms with Crippen LogP contribution in [0.1, 0.15) is 46.5 Å². The van der Waals surface area contributed by atoms with E-state index in [0.717, 1.165) is 37.9 Å². The zero-order valence-corrected chi connectivity index (χ0v) is 23.4. The summed E-state index contributed by atoms with van der Waals surface area (Å²) in [4.78, 5) is 58.8. The highest BCUT2D eigenvalue weighted by atomic mass is 35.5. The Morgan fingerprint density at radius 3 is 2.47 bits per heavy atom. The summed E-state index contributed by atoms with van der Waals surface area (Å²) in [7, 11) is -7.50. The summed E-state index contributed by atoms with van der Waals surface area (Å²) in [6.45, 7) is 8.84. The molecular weight excluding hydrogens is 528 g/mol. The molecular formula is C23H36ClN3O7P2. The lowest BCUT2D eigenvalue weighted by Gasteiger charge is -2.30. The number of aromatic nitrogens is 1. The van der Waals surface area contributed by atoms with Gasteiger partial charge in [0.1, 0.15) is 5.40 Å². The topological polar surface area (TPSA) is 144 Å². The Kier molecular flexibility index (Phi) is 12.5. The molecule has 2 rings (SSSR count). The summed E-state index contributed by atoms with van der Waals surface area (Å²) in [5.41, 5.74) is 1.26. The van der Waals surface area contributed by atoms with Crippen molar-refractivity contribution in [3.8, 4) is 0 Å². The monoisotopic (exact) mass is 563 g/mol. The van der Waals surface area contributed by atoms with Crippen molar-refractivity contribution in [1.82, 2.24) is 9.88 Å². The first-order chi connectivity index (χ1) is 17.0. The number of rotatable bonds is 14. The van der Waals surface area contributed by atoms with Crippen LogP contribution in [-0.2, 0) is 9.30 Å². The molecule has 0 fully saturated rings. The molecule has 10 nitrogen and oxygen atoms in total. The molecule has 1 amide bonds. The quantitative estimate of drug-likeness (QED) is 0.186. The molecule has 202 valence electrons. The average Bonchev–Trinajstić information content (AvgIpc) is 2.80. The van der Waals surface area contributed by atoms with E-state index in [9.17, 15) is 28.9 Å². The molecule has 0 aliphatic carbocycles. The van der Waals surface area contributed by atoms with Crippen molar-refractivity contribution >= 4 is 50.3 Å². The predicted molar refractivity (Wildman–Crippen MR) is 143 cm³/mol. The van der Waals surface area contributed by atoms with E-state index in [0.29, 0.717) is 16.2 Å². The number of carbonyl (C=O) groups excluding carboxylic acids is 1. The Morgan fingerprint density at radius 2 is 1.86 bits per heavy atom. The number of hydrogen-bond donors (Lipinski definition) is 4. The van der Waals surface area contributed by atoms with Crippen LogP contribution in [-0.4, -0.2) is 73.2 Å². The van der Waals surface area contributed by atoms with E-state index < -0.39 is 27.5 Å². The average molecular weight is 564 g/mol. The standard InChI is InChI=1S/C23H36ClN3O7P2/c1-4-26(5-2)14-6-8-17(3)27(21-12-13-25-20-16-18(24)10-11-19(20)21)23(28)34-15-7-9-22(35(29)30)36(31,32)33/h10-13,16-17,22,29-30H,4-9,14-15H2,1-3H3,(H2,31,32,33). The number of anilines is 1. The van der Waals surface area contributed by atoms with E-state index in [1.54, 1.807) is 35.4 Å². The molecule has 0 bridgehead atoms. The first-order valence-electron chi connectivity index (χ1n) is 11.9. The van der Waals surface area contributed by atoms with Crippen molar-refractivity contribution in [2.75, 3.05) is 31.1 Å². The normalized spacial score (nSPS) is 13.8. The van der Waals surface area contributed by atoms with Gasteiger partial charge in [0.15, 0.2) is 8.38 Å². The van der Waals surface area contributed by atoms with Crippen LogP contribution in [0.15, 0.2) is 30.5 Å². The molecule has 0 saturated heterocycles. The zero-order valence-electron chi connectivity index (χ0n) is 20.8. The van der Waals surface area contributed by atoms with E-state index >= 15 is 0 Å². The molecule has 0 aliphatic heterocycles. The third-order valence-corrected chi connectivity index (χ3v) is 9.64. The lowest BCUT2D eigenvalue weighted by atomic mass is 10.1. The fourth-order valence-electron chi connectivity index (χ4n) is 4.02. The second-order valence-corrected chi connectivity index (χ2v) is 12.4. The van der Waals surface area contributed by atoms with Crippen LogP contribution in [0, 0.1) is 0 Å². The van der Waals surface area contributed by atoms with Gasteiger partial charge in [-0.3, -0.25) is 14.4 Å². The number of fused-ring (bicyclic) bond motifs is 1. The minimum absolute atomic E-state index is 0.0678. The molecule has 1 aromatic heterocycles. The van der Waals surface area contributed by atoms with Gasteiger partial charge < -0.3 is 29.2 Å². The van der Waals surface area contributed by atoms with E-state index in [1.165, 1.54) is 0 Å². The lowest BCUT2D eigenvalue weighted by molar-refractivity contribution is 0.149. The Balaban J connectivity index is 2.20. The molecule has 1 heterocycles. The molecule has 2 unspecified atom stereocenters. The first kappa shape index (κ1) is 30.9. The molecule has 36 heavy (non-hydrogen) atoms. The Hall–Kier alpha value is -1.35. The fourth-order valence-corrected chi connectivity index (χ4v) is 6.20. The highest BCUT2D eigenvalue weighted by Crippen LogP contribution is 2.56. The van der Waals surface area contributed by atoms with E-state index in [1.807, 2.05) is 6.92 Å². The summed E-state index contributed by atoms with van der Waals surface area (Å²) >= 11 is 6.13. The van der Waals surface area contributed by atoms with Gasteiger partial charge in [0, 0.05) is 22.6 Å². The summed E-state index contributed by atoms with van der Waals surface area (Å²) in [5.74, 6) is 0. The van der Waals surface area contributed by atoms with Crippen LogP contribution in [0.5, 0.6) is 0 Å². The largest absolute Gasteiger partial charge is 0.449 e. The predicted octanol–water partition coefficient (Wildman–Crippen LogP) is 4.92. The van der Waals surface area contributed by atoms with Crippen LogP contribution in [0.25, 0.3) is 10.9 Å². The molecule has 4 N–H and O–H groups in total. The van der Waals surface area contributed by atoms with Crippen LogP contribution in [0.3, 0.4) is 0 Å². The van der Waals surface area contributed by atoms with Gasteiger partial charge in [-0.05, 0) is 76.5 Å². The summed E-state index contributed by atoms with van der Waals surface area (Å²) in [6, 6.07) is 6.79. The van der Waals surface area contributed by atoms with Gasteiger partial charge >= 0.3 is 13.7 Å². The van der Waals surface area contributed by atoms with Crippen LogP contribution >= 0.6 is 27.6 Å². The number of benzene rings is 1. The number of halogens is 1. The third kappa shape index (κ3) is 8.89. The number of ether oxygens (including phenoxy) is 1. The molecule has 2 aromatic rings. The van der Waals surface area contributed by atoms with Gasteiger partial charge in [-0.15, -0.1) is 0 Å². The zero-order chi connectivity index (χ0) is 26.9. The van der Waals surface area contributed by atoms with E-state index in [2.05, 4.69) is 23.7 Å². The molecule has 0 saturated carbocycles. The number of pyridine rings is 1. The van der Waals surface area contributed by atoms with Crippen LogP contribution in [0.4, 0.5) is 10.5 Å².